The third kappa shape index (κ3) is 4.32. The van der Waals surface area contributed by atoms with Crippen LogP contribution in [0.1, 0.15) is 43.4 Å². The van der Waals surface area contributed by atoms with Gasteiger partial charge in [0.2, 0.25) is 0 Å². The lowest BCUT2D eigenvalue weighted by molar-refractivity contribution is -0.157. The molecule has 0 saturated carbocycles. The molecule has 0 radical (unpaired) electrons. The molecule has 4 aromatic rings. The van der Waals surface area contributed by atoms with Gasteiger partial charge in [0.15, 0.2) is 0 Å². The van der Waals surface area contributed by atoms with Crippen LogP contribution in [0, 0.1) is 11.8 Å². The standard InChI is InChI=1S/C31H32N2O2/c1-2-22-20-33-16-14-25(22)19-29(33)31(27-13-15-32-28-10-6-5-9-26(27)28)35-30(34)18-21-11-12-23-7-3-4-8-24(23)17-21/h3-13,15,17,22,25,29,31H,2,14,16,18-20H2,1H3/t22-,25-,29+,31-/m0/s1. The van der Waals surface area contributed by atoms with Crippen LogP contribution in [-0.4, -0.2) is 35.0 Å². The molecular formula is C31H32N2O2. The molecule has 7 rings (SSSR count). The number of rotatable bonds is 6. The molecule has 2 bridgehead atoms. The first-order valence-corrected chi connectivity index (χ1v) is 12.9. The van der Waals surface area contributed by atoms with Gasteiger partial charge in [-0.25, -0.2) is 0 Å². The maximum Gasteiger partial charge on any atom is 0.310 e. The van der Waals surface area contributed by atoms with E-state index >= 15 is 0 Å². The second-order valence-corrected chi connectivity index (χ2v) is 10.2. The van der Waals surface area contributed by atoms with Crippen molar-refractivity contribution in [1.29, 1.82) is 0 Å². The van der Waals surface area contributed by atoms with Crippen LogP contribution in [-0.2, 0) is 16.0 Å². The van der Waals surface area contributed by atoms with Gasteiger partial charge in [-0.3, -0.25) is 14.7 Å². The van der Waals surface area contributed by atoms with Crippen molar-refractivity contribution in [2.45, 2.75) is 44.8 Å². The molecule has 1 unspecified atom stereocenters. The van der Waals surface area contributed by atoms with E-state index in [1.54, 1.807) is 0 Å². The van der Waals surface area contributed by atoms with Gasteiger partial charge in [0.05, 0.1) is 18.0 Å². The fourth-order valence-electron chi connectivity index (χ4n) is 6.37. The fourth-order valence-corrected chi connectivity index (χ4v) is 6.37. The lowest BCUT2D eigenvalue weighted by Gasteiger charge is -2.51. The summed E-state index contributed by atoms with van der Waals surface area (Å²) in [5.74, 6) is 1.30. The number of benzene rings is 3. The Morgan fingerprint density at radius 2 is 1.89 bits per heavy atom. The lowest BCUT2D eigenvalue weighted by Crippen LogP contribution is -2.55. The molecule has 0 N–H and O–H groups in total. The maximum absolute atomic E-state index is 13.4. The van der Waals surface area contributed by atoms with Gasteiger partial charge in [-0.1, -0.05) is 74.0 Å². The first-order valence-electron chi connectivity index (χ1n) is 12.9. The summed E-state index contributed by atoms with van der Waals surface area (Å²) in [7, 11) is 0. The summed E-state index contributed by atoms with van der Waals surface area (Å²) in [4.78, 5) is 20.5. The molecule has 0 amide bonds. The molecule has 3 saturated heterocycles. The summed E-state index contributed by atoms with van der Waals surface area (Å²) < 4.78 is 6.41. The summed E-state index contributed by atoms with van der Waals surface area (Å²) in [6.07, 6.45) is 5.40. The Labute approximate surface area is 206 Å². The van der Waals surface area contributed by atoms with Crippen LogP contribution >= 0.6 is 0 Å². The smallest absolute Gasteiger partial charge is 0.310 e. The summed E-state index contributed by atoms with van der Waals surface area (Å²) in [5.41, 5.74) is 3.01. The van der Waals surface area contributed by atoms with Gasteiger partial charge in [-0.15, -0.1) is 0 Å². The number of nitrogens with zero attached hydrogens (tertiary/aromatic N) is 2. The number of fused-ring (bicyclic) bond motifs is 5. The van der Waals surface area contributed by atoms with Crippen molar-refractivity contribution in [3.05, 3.63) is 90.1 Å². The molecule has 35 heavy (non-hydrogen) atoms. The van der Waals surface area contributed by atoms with E-state index in [2.05, 4.69) is 53.2 Å². The van der Waals surface area contributed by atoms with E-state index in [1.165, 1.54) is 18.2 Å². The lowest BCUT2D eigenvalue weighted by atomic mass is 9.72. The van der Waals surface area contributed by atoms with Crippen LogP contribution in [0.15, 0.2) is 79.0 Å². The van der Waals surface area contributed by atoms with Crippen molar-refractivity contribution in [3.8, 4) is 0 Å². The third-order valence-corrected chi connectivity index (χ3v) is 8.22. The average molecular weight is 465 g/mol. The fraction of sp³-hybridized carbons (Fsp3) is 0.355. The van der Waals surface area contributed by atoms with Gasteiger partial charge >= 0.3 is 5.97 Å². The van der Waals surface area contributed by atoms with E-state index in [0.717, 1.165) is 52.8 Å². The maximum atomic E-state index is 13.4. The molecule has 4 heteroatoms. The monoisotopic (exact) mass is 464 g/mol. The number of carbonyl (C=O) groups excluding carboxylic acids is 1. The predicted molar refractivity (Wildman–Crippen MR) is 140 cm³/mol. The van der Waals surface area contributed by atoms with Crippen LogP contribution in [0.5, 0.6) is 0 Å². The van der Waals surface area contributed by atoms with Crippen molar-refractivity contribution < 1.29 is 9.53 Å². The zero-order chi connectivity index (χ0) is 23.8. The molecule has 0 aliphatic carbocycles. The van der Waals surface area contributed by atoms with E-state index in [0.29, 0.717) is 5.92 Å². The minimum Gasteiger partial charge on any atom is -0.456 e. The Morgan fingerprint density at radius 3 is 2.71 bits per heavy atom. The van der Waals surface area contributed by atoms with Gasteiger partial charge in [0.25, 0.3) is 0 Å². The number of esters is 1. The first-order chi connectivity index (χ1) is 17.2. The second-order valence-electron chi connectivity index (χ2n) is 10.2. The van der Waals surface area contributed by atoms with Crippen LogP contribution in [0.25, 0.3) is 21.7 Å². The topological polar surface area (TPSA) is 42.4 Å². The average Bonchev–Trinajstić information content (AvgIpc) is 2.91. The highest BCUT2D eigenvalue weighted by molar-refractivity contribution is 5.85. The van der Waals surface area contributed by atoms with E-state index in [-0.39, 0.29) is 24.5 Å². The molecular weight excluding hydrogens is 432 g/mol. The Morgan fingerprint density at radius 1 is 1.06 bits per heavy atom. The zero-order valence-electron chi connectivity index (χ0n) is 20.3. The van der Waals surface area contributed by atoms with Crippen molar-refractivity contribution in [3.63, 3.8) is 0 Å². The quantitative estimate of drug-likeness (QED) is 0.313. The van der Waals surface area contributed by atoms with Crippen LogP contribution in [0.2, 0.25) is 0 Å². The number of pyridine rings is 1. The van der Waals surface area contributed by atoms with E-state index in [4.69, 9.17) is 4.74 Å². The summed E-state index contributed by atoms with van der Waals surface area (Å²) in [5, 5.41) is 3.41. The summed E-state index contributed by atoms with van der Waals surface area (Å²) in [6, 6.07) is 24.9. The number of hydrogen-bond acceptors (Lipinski definition) is 4. The van der Waals surface area contributed by atoms with Gasteiger partial charge < -0.3 is 4.74 Å². The van der Waals surface area contributed by atoms with Gasteiger partial charge in [0, 0.05) is 23.7 Å². The number of hydrogen-bond donors (Lipinski definition) is 0. The Hall–Kier alpha value is -3.24. The van der Waals surface area contributed by atoms with Crippen molar-refractivity contribution >= 4 is 27.6 Å². The molecule has 3 aliphatic rings. The number of carbonyl (C=O) groups is 1. The Bertz CT molecular complexity index is 1360. The minimum absolute atomic E-state index is 0.166. The van der Waals surface area contributed by atoms with E-state index in [9.17, 15) is 4.79 Å². The molecule has 0 spiro atoms. The largest absolute Gasteiger partial charge is 0.456 e. The Balaban J connectivity index is 1.32. The number of aromatic nitrogens is 1. The molecule has 3 fully saturated rings. The summed E-state index contributed by atoms with van der Waals surface area (Å²) in [6.45, 7) is 4.50. The molecule has 1 aromatic heterocycles. The van der Waals surface area contributed by atoms with Crippen LogP contribution in [0.4, 0.5) is 0 Å². The molecule has 3 aliphatic heterocycles. The van der Waals surface area contributed by atoms with Crippen LogP contribution in [0.3, 0.4) is 0 Å². The Kier molecular flexibility index (Phi) is 5.99. The summed E-state index contributed by atoms with van der Waals surface area (Å²) >= 11 is 0. The number of para-hydroxylation sites is 1. The minimum atomic E-state index is -0.295. The highest BCUT2D eigenvalue weighted by Gasteiger charge is 2.44. The van der Waals surface area contributed by atoms with E-state index in [1.807, 2.05) is 42.6 Å². The zero-order valence-corrected chi connectivity index (χ0v) is 20.3. The highest BCUT2D eigenvalue weighted by Crippen LogP contribution is 2.44. The number of ether oxygens (including phenoxy) is 1. The van der Waals surface area contributed by atoms with Gasteiger partial charge in [0.1, 0.15) is 6.10 Å². The van der Waals surface area contributed by atoms with Crippen molar-refractivity contribution in [2.75, 3.05) is 13.1 Å². The molecule has 4 nitrogen and oxygen atoms in total. The SMILES string of the molecule is CC[C@H]1CN2CC[C@H]1C[C@@H]2[C@@H](OC(=O)Cc1ccc2ccccc2c1)c1ccnc2ccccc12. The second kappa shape index (κ2) is 9.43. The molecule has 178 valence electrons. The molecule has 4 heterocycles. The molecule has 3 aromatic carbocycles. The van der Waals surface area contributed by atoms with Gasteiger partial charge in [-0.2, -0.15) is 0 Å². The van der Waals surface area contributed by atoms with Gasteiger partial charge in [-0.05, 0) is 59.7 Å². The van der Waals surface area contributed by atoms with Crippen molar-refractivity contribution in [2.24, 2.45) is 11.8 Å². The van der Waals surface area contributed by atoms with Crippen LogP contribution < -0.4 is 0 Å². The predicted octanol–water partition coefficient (Wildman–Crippen LogP) is 6.34. The first kappa shape index (κ1) is 22.2. The normalized spacial score (nSPS) is 24.5. The van der Waals surface area contributed by atoms with Crippen molar-refractivity contribution in [1.82, 2.24) is 9.88 Å². The highest BCUT2D eigenvalue weighted by atomic mass is 16.5. The number of piperidine rings is 3. The van der Waals surface area contributed by atoms with E-state index < -0.39 is 0 Å². The molecule has 5 atom stereocenters. The third-order valence-electron chi connectivity index (χ3n) is 8.22.